The molecule has 0 fully saturated rings. The van der Waals surface area contributed by atoms with Crippen LogP contribution in [0.2, 0.25) is 18.1 Å². The van der Waals surface area contributed by atoms with Crippen LogP contribution in [0.4, 0.5) is 0 Å². The second kappa shape index (κ2) is 6.09. The van der Waals surface area contributed by atoms with Gasteiger partial charge in [-0.1, -0.05) is 20.8 Å². The Labute approximate surface area is 128 Å². The average molecular weight is 310 g/mol. The van der Waals surface area contributed by atoms with Crippen LogP contribution in [0.15, 0.2) is 6.07 Å². The first kappa shape index (κ1) is 17.6. The Balaban J connectivity index is 3.52. The van der Waals surface area contributed by atoms with Crippen molar-refractivity contribution in [2.45, 2.75) is 45.8 Å². The van der Waals surface area contributed by atoms with Gasteiger partial charge in [0, 0.05) is 0 Å². The molecule has 0 aromatic heterocycles. The van der Waals surface area contributed by atoms with Crippen LogP contribution in [-0.4, -0.2) is 28.8 Å². The predicted octanol–water partition coefficient (Wildman–Crippen LogP) is 4.21. The molecule has 0 saturated heterocycles. The minimum atomic E-state index is -2.09. The van der Waals surface area contributed by atoms with Crippen LogP contribution in [0.25, 0.3) is 0 Å². The molecule has 0 saturated carbocycles. The maximum Gasteiger partial charge on any atom is 0.250 e. The molecule has 0 heterocycles. The summed E-state index contributed by atoms with van der Waals surface area (Å²) in [5, 5.41) is 0.0230. The van der Waals surface area contributed by atoms with Crippen LogP contribution >= 0.6 is 0 Å². The van der Waals surface area contributed by atoms with Gasteiger partial charge in [-0.25, -0.2) is 0 Å². The van der Waals surface area contributed by atoms with Gasteiger partial charge in [-0.2, -0.15) is 0 Å². The summed E-state index contributed by atoms with van der Waals surface area (Å²) in [5.41, 5.74) is 1.34. The fraction of sp³-hybridized carbons (Fsp3) is 0.562. The molecule has 1 rings (SSSR count). The lowest BCUT2D eigenvalue weighted by atomic mass is 10.1. The Hall–Kier alpha value is -1.49. The molecule has 0 aliphatic rings. The molecule has 21 heavy (non-hydrogen) atoms. The lowest BCUT2D eigenvalue weighted by Gasteiger charge is -2.37. The highest BCUT2D eigenvalue weighted by Crippen LogP contribution is 2.45. The fourth-order valence-corrected chi connectivity index (χ4v) is 2.77. The van der Waals surface area contributed by atoms with E-state index in [2.05, 4.69) is 33.9 Å². The molecule has 0 N–H and O–H groups in total. The van der Waals surface area contributed by atoms with Gasteiger partial charge in [0.1, 0.15) is 0 Å². The molecule has 0 aliphatic carbocycles. The second-order valence-electron chi connectivity index (χ2n) is 6.65. The molecule has 118 valence electrons. The first-order valence-electron chi connectivity index (χ1n) is 6.98. The largest absolute Gasteiger partial charge is 0.540 e. The summed E-state index contributed by atoms with van der Waals surface area (Å²) < 4.78 is 17.1. The third-order valence-corrected chi connectivity index (χ3v) is 8.48. The highest BCUT2D eigenvalue weighted by atomic mass is 28.4. The first-order chi connectivity index (χ1) is 9.59. The van der Waals surface area contributed by atoms with Gasteiger partial charge in [-0.05, 0) is 36.7 Å². The standard InChI is InChI=1S/C16H26O4Si/c1-11-9-13(18-5)15(19-6)14(12(11)10-17)20-21(7,8)16(2,3)4/h9-10H,1-8H3. The van der Waals surface area contributed by atoms with E-state index < -0.39 is 8.32 Å². The third kappa shape index (κ3) is 3.40. The van der Waals surface area contributed by atoms with Gasteiger partial charge in [0.25, 0.3) is 8.32 Å². The highest BCUT2D eigenvalue weighted by Gasteiger charge is 2.40. The van der Waals surface area contributed by atoms with Gasteiger partial charge in [0.15, 0.2) is 17.8 Å². The fourth-order valence-electron chi connectivity index (χ4n) is 1.75. The van der Waals surface area contributed by atoms with E-state index in [9.17, 15) is 4.79 Å². The Bertz CT molecular complexity index is 530. The van der Waals surface area contributed by atoms with E-state index >= 15 is 0 Å². The maximum atomic E-state index is 11.5. The zero-order chi connectivity index (χ0) is 16.4. The summed E-state index contributed by atoms with van der Waals surface area (Å²) >= 11 is 0. The molecular weight excluding hydrogens is 284 g/mol. The number of ether oxygens (including phenoxy) is 2. The van der Waals surface area contributed by atoms with E-state index in [4.69, 9.17) is 13.9 Å². The van der Waals surface area contributed by atoms with Crippen molar-refractivity contribution >= 4 is 14.6 Å². The van der Waals surface area contributed by atoms with Crippen molar-refractivity contribution in [3.63, 3.8) is 0 Å². The zero-order valence-electron chi connectivity index (χ0n) is 14.3. The van der Waals surface area contributed by atoms with Crippen molar-refractivity contribution in [2.24, 2.45) is 0 Å². The van der Waals surface area contributed by atoms with Gasteiger partial charge in [-0.15, -0.1) is 0 Å². The molecule has 0 radical (unpaired) electrons. The smallest absolute Gasteiger partial charge is 0.250 e. The summed E-state index contributed by atoms with van der Waals surface area (Å²) in [6.45, 7) is 12.6. The minimum Gasteiger partial charge on any atom is -0.540 e. The lowest BCUT2D eigenvalue weighted by Crippen LogP contribution is -2.44. The van der Waals surface area contributed by atoms with Crippen LogP contribution in [0.3, 0.4) is 0 Å². The third-order valence-electron chi connectivity index (χ3n) is 4.15. The summed E-state index contributed by atoms with van der Waals surface area (Å²) in [6.07, 6.45) is 0.819. The molecule has 5 heteroatoms. The second-order valence-corrected chi connectivity index (χ2v) is 11.4. The van der Waals surface area contributed by atoms with Crippen LogP contribution in [0.5, 0.6) is 17.2 Å². The maximum absolute atomic E-state index is 11.5. The van der Waals surface area contributed by atoms with Crippen molar-refractivity contribution < 1.29 is 18.7 Å². The molecule has 0 spiro atoms. The van der Waals surface area contributed by atoms with E-state index in [0.29, 0.717) is 22.8 Å². The minimum absolute atomic E-state index is 0.0230. The Morgan fingerprint density at radius 1 is 1.10 bits per heavy atom. The zero-order valence-corrected chi connectivity index (χ0v) is 15.3. The summed E-state index contributed by atoms with van der Waals surface area (Å²) in [5.74, 6) is 1.56. The molecule has 0 aliphatic heterocycles. The topological polar surface area (TPSA) is 44.8 Å². The Morgan fingerprint density at radius 2 is 1.67 bits per heavy atom. The van der Waals surface area contributed by atoms with Crippen molar-refractivity contribution in [3.8, 4) is 17.2 Å². The number of hydrogen-bond acceptors (Lipinski definition) is 4. The van der Waals surface area contributed by atoms with E-state index in [-0.39, 0.29) is 5.04 Å². The van der Waals surface area contributed by atoms with E-state index in [0.717, 1.165) is 11.8 Å². The quantitative estimate of drug-likeness (QED) is 0.603. The highest BCUT2D eigenvalue weighted by molar-refractivity contribution is 6.74. The molecular formula is C16H26O4Si. The lowest BCUT2D eigenvalue weighted by molar-refractivity contribution is 0.112. The molecule has 0 unspecified atom stereocenters. The molecule has 1 aromatic rings. The molecule has 1 aromatic carbocycles. The van der Waals surface area contributed by atoms with Crippen molar-refractivity contribution in [3.05, 3.63) is 17.2 Å². The van der Waals surface area contributed by atoms with Crippen LogP contribution in [-0.2, 0) is 0 Å². The number of benzene rings is 1. The first-order valence-corrected chi connectivity index (χ1v) is 9.89. The average Bonchev–Trinajstić information content (AvgIpc) is 2.36. The summed E-state index contributed by atoms with van der Waals surface area (Å²) in [6, 6.07) is 1.79. The van der Waals surface area contributed by atoms with Crippen molar-refractivity contribution in [1.29, 1.82) is 0 Å². The number of hydrogen-bond donors (Lipinski definition) is 0. The van der Waals surface area contributed by atoms with E-state index in [1.54, 1.807) is 20.3 Å². The predicted molar refractivity (Wildman–Crippen MR) is 87.5 cm³/mol. The van der Waals surface area contributed by atoms with Crippen LogP contribution < -0.4 is 13.9 Å². The number of rotatable bonds is 5. The summed E-state index contributed by atoms with van der Waals surface area (Å²) in [4.78, 5) is 11.5. The summed E-state index contributed by atoms with van der Waals surface area (Å²) in [7, 11) is 1.04. The number of carbonyl (C=O) groups is 1. The van der Waals surface area contributed by atoms with Gasteiger partial charge in [0.05, 0.1) is 19.8 Å². The molecule has 0 atom stereocenters. The van der Waals surface area contributed by atoms with Crippen LogP contribution in [0, 0.1) is 6.92 Å². The van der Waals surface area contributed by atoms with Crippen LogP contribution in [0.1, 0.15) is 36.7 Å². The van der Waals surface area contributed by atoms with Gasteiger partial charge in [-0.3, -0.25) is 4.79 Å². The molecule has 4 nitrogen and oxygen atoms in total. The number of carbonyl (C=O) groups excluding carboxylic acids is 1. The normalized spacial score (nSPS) is 12.0. The van der Waals surface area contributed by atoms with Crippen molar-refractivity contribution in [2.75, 3.05) is 14.2 Å². The van der Waals surface area contributed by atoms with Gasteiger partial charge < -0.3 is 13.9 Å². The van der Waals surface area contributed by atoms with Gasteiger partial charge in [0.2, 0.25) is 5.75 Å². The molecule has 0 bridgehead atoms. The van der Waals surface area contributed by atoms with E-state index in [1.807, 2.05) is 6.92 Å². The SMILES string of the molecule is COc1cc(C)c(C=O)c(O[Si](C)(C)C(C)(C)C)c1OC. The van der Waals surface area contributed by atoms with Gasteiger partial charge >= 0.3 is 0 Å². The number of aldehydes is 1. The monoisotopic (exact) mass is 310 g/mol. The molecule has 0 amide bonds. The Kier molecular flexibility index (Phi) is 5.10. The number of aryl methyl sites for hydroxylation is 1. The number of methoxy groups -OCH3 is 2. The Morgan fingerprint density at radius 3 is 2.05 bits per heavy atom. The van der Waals surface area contributed by atoms with Crippen molar-refractivity contribution in [1.82, 2.24) is 0 Å². The van der Waals surface area contributed by atoms with E-state index in [1.165, 1.54) is 0 Å².